The van der Waals surface area contributed by atoms with E-state index in [9.17, 15) is 22.8 Å². The van der Waals surface area contributed by atoms with Crippen LogP contribution in [0.15, 0.2) is 75.0 Å². The summed E-state index contributed by atoms with van der Waals surface area (Å²) in [7, 11) is 0. The lowest BCUT2D eigenvalue weighted by Crippen LogP contribution is -2.40. The monoisotopic (exact) mass is 448 g/mol. The van der Waals surface area contributed by atoms with Gasteiger partial charge in [0.2, 0.25) is 11.7 Å². The molecule has 0 radical (unpaired) electrons. The molecule has 4 rings (SSSR count). The maximum absolute atomic E-state index is 12.9. The summed E-state index contributed by atoms with van der Waals surface area (Å²) in [5, 5.41) is 4.15. The molecule has 31 heavy (non-hydrogen) atoms. The Morgan fingerprint density at radius 1 is 1.00 bits per heavy atom. The Balaban J connectivity index is 1.61. The van der Waals surface area contributed by atoms with E-state index in [0.717, 1.165) is 21.3 Å². The van der Waals surface area contributed by atoms with Gasteiger partial charge in [-0.05, 0) is 36.4 Å². The normalized spacial score (nSPS) is 11.6. The second kappa shape index (κ2) is 7.88. The first kappa shape index (κ1) is 20.6. The van der Waals surface area contributed by atoms with Crippen LogP contribution in [-0.4, -0.2) is 19.3 Å². The van der Waals surface area contributed by atoms with Gasteiger partial charge in [-0.3, -0.25) is 18.7 Å². The number of nitrogens with zero attached hydrogens (tertiary/aromatic N) is 4. The highest BCUT2D eigenvalue weighted by Crippen LogP contribution is 2.31. The number of hydrogen-bond donors (Lipinski definition) is 0. The van der Waals surface area contributed by atoms with Crippen molar-refractivity contribution in [3.05, 3.63) is 98.1 Å². The first-order valence-electron chi connectivity index (χ1n) is 8.80. The number of benzene rings is 2. The van der Waals surface area contributed by atoms with Gasteiger partial charge >= 0.3 is 17.3 Å². The Morgan fingerprint density at radius 2 is 1.74 bits per heavy atom. The predicted octanol–water partition coefficient (Wildman–Crippen LogP) is 3.77. The number of halogens is 4. The molecule has 0 aliphatic rings. The van der Waals surface area contributed by atoms with Crippen molar-refractivity contribution < 1.29 is 17.7 Å². The van der Waals surface area contributed by atoms with E-state index in [1.807, 2.05) is 0 Å². The minimum atomic E-state index is -4.51. The third kappa shape index (κ3) is 4.29. The van der Waals surface area contributed by atoms with Crippen molar-refractivity contribution in [1.82, 2.24) is 19.3 Å². The van der Waals surface area contributed by atoms with Gasteiger partial charge in [-0.1, -0.05) is 28.9 Å². The number of alkyl halides is 3. The molecule has 7 nitrogen and oxygen atoms in total. The summed E-state index contributed by atoms with van der Waals surface area (Å²) in [5.41, 5.74) is -1.92. The van der Waals surface area contributed by atoms with Crippen LogP contribution in [0.4, 0.5) is 13.2 Å². The van der Waals surface area contributed by atoms with E-state index in [-0.39, 0.29) is 23.8 Å². The van der Waals surface area contributed by atoms with Crippen molar-refractivity contribution in [1.29, 1.82) is 0 Å². The number of rotatable bonds is 4. The first-order valence-corrected chi connectivity index (χ1v) is 9.18. The largest absolute Gasteiger partial charge is 0.416 e. The summed E-state index contributed by atoms with van der Waals surface area (Å²) in [6.45, 7) is -0.221. The van der Waals surface area contributed by atoms with Crippen molar-refractivity contribution in [2.45, 2.75) is 12.7 Å². The number of hydrogen-bond acceptors (Lipinski definition) is 5. The zero-order chi connectivity index (χ0) is 22.2. The summed E-state index contributed by atoms with van der Waals surface area (Å²) in [6, 6.07) is 10.8. The van der Waals surface area contributed by atoms with Gasteiger partial charge in [0.05, 0.1) is 5.56 Å². The highest BCUT2D eigenvalue weighted by atomic mass is 35.5. The number of aromatic nitrogens is 4. The van der Waals surface area contributed by atoms with Gasteiger partial charge in [-0.2, -0.15) is 18.2 Å². The standard InChI is InChI=1S/C20H12ClF3N4O3/c21-14-4-6-15(7-5-14)28-9-8-27(18(29)19(28)30)11-16-25-17(26-31-16)12-2-1-3-13(10-12)20(22,23)24/h1-10H,11H2. The summed E-state index contributed by atoms with van der Waals surface area (Å²) < 4.78 is 46.0. The van der Waals surface area contributed by atoms with Gasteiger partial charge in [-0.15, -0.1) is 0 Å². The molecule has 0 N–H and O–H groups in total. The molecule has 0 aliphatic heterocycles. The third-order valence-electron chi connectivity index (χ3n) is 4.38. The fraction of sp³-hybridized carbons (Fsp3) is 0.100. The molecule has 0 unspecified atom stereocenters. The summed E-state index contributed by atoms with van der Waals surface area (Å²) in [5.74, 6) is -0.109. The Kier molecular flexibility index (Phi) is 5.24. The highest BCUT2D eigenvalue weighted by Gasteiger charge is 2.30. The molecule has 0 saturated heterocycles. The molecule has 2 aromatic carbocycles. The zero-order valence-corrected chi connectivity index (χ0v) is 16.3. The van der Waals surface area contributed by atoms with Crippen molar-refractivity contribution >= 4 is 11.6 Å². The fourth-order valence-electron chi connectivity index (χ4n) is 2.85. The van der Waals surface area contributed by atoms with Gasteiger partial charge in [0.15, 0.2) is 0 Å². The van der Waals surface area contributed by atoms with Crippen LogP contribution in [0.1, 0.15) is 11.5 Å². The second-order valence-electron chi connectivity index (χ2n) is 6.47. The predicted molar refractivity (Wildman–Crippen MR) is 105 cm³/mol. The van der Waals surface area contributed by atoms with Crippen molar-refractivity contribution in [3.8, 4) is 17.1 Å². The quantitative estimate of drug-likeness (QED) is 0.444. The van der Waals surface area contributed by atoms with Crippen LogP contribution < -0.4 is 11.1 Å². The fourth-order valence-corrected chi connectivity index (χ4v) is 2.98. The SMILES string of the molecule is O=c1c(=O)n(-c2ccc(Cl)cc2)ccn1Cc1nc(-c2cccc(C(F)(F)F)c2)no1. The minimum absolute atomic E-state index is 0.0434. The molecule has 158 valence electrons. The van der Waals surface area contributed by atoms with Gasteiger partial charge in [0, 0.05) is 28.7 Å². The van der Waals surface area contributed by atoms with Crippen LogP contribution >= 0.6 is 11.6 Å². The summed E-state index contributed by atoms with van der Waals surface area (Å²) >= 11 is 5.83. The van der Waals surface area contributed by atoms with Crippen LogP contribution in [0.25, 0.3) is 17.1 Å². The lowest BCUT2D eigenvalue weighted by molar-refractivity contribution is -0.137. The lowest BCUT2D eigenvalue weighted by Gasteiger charge is -2.07. The van der Waals surface area contributed by atoms with Gasteiger partial charge in [-0.25, -0.2) is 0 Å². The summed E-state index contributed by atoms with van der Waals surface area (Å²) in [4.78, 5) is 28.9. The molecule has 2 aromatic heterocycles. The Labute approximate surface area is 176 Å². The maximum atomic E-state index is 12.9. The molecule has 0 aliphatic carbocycles. The first-order chi connectivity index (χ1) is 14.7. The zero-order valence-electron chi connectivity index (χ0n) is 15.5. The van der Waals surface area contributed by atoms with Crippen molar-refractivity contribution in [2.75, 3.05) is 0 Å². The minimum Gasteiger partial charge on any atom is -0.337 e. The van der Waals surface area contributed by atoms with E-state index in [1.54, 1.807) is 24.3 Å². The van der Waals surface area contributed by atoms with E-state index in [4.69, 9.17) is 16.1 Å². The molecule has 4 aromatic rings. The van der Waals surface area contributed by atoms with E-state index < -0.39 is 22.9 Å². The second-order valence-corrected chi connectivity index (χ2v) is 6.91. The van der Waals surface area contributed by atoms with Crippen LogP contribution in [0.5, 0.6) is 0 Å². The summed E-state index contributed by atoms with van der Waals surface area (Å²) in [6.07, 6.45) is -1.74. The highest BCUT2D eigenvalue weighted by molar-refractivity contribution is 6.30. The molecule has 2 heterocycles. The van der Waals surface area contributed by atoms with E-state index >= 15 is 0 Å². The Bertz CT molecular complexity index is 1360. The van der Waals surface area contributed by atoms with Gasteiger partial charge in [0.25, 0.3) is 0 Å². The Hall–Kier alpha value is -3.66. The average molecular weight is 449 g/mol. The van der Waals surface area contributed by atoms with E-state index in [0.29, 0.717) is 10.7 Å². The van der Waals surface area contributed by atoms with Crippen LogP contribution in [0.3, 0.4) is 0 Å². The molecular weight excluding hydrogens is 437 g/mol. The molecule has 0 atom stereocenters. The molecule has 0 spiro atoms. The van der Waals surface area contributed by atoms with Crippen LogP contribution in [0.2, 0.25) is 5.02 Å². The van der Waals surface area contributed by atoms with Crippen molar-refractivity contribution in [3.63, 3.8) is 0 Å². The lowest BCUT2D eigenvalue weighted by atomic mass is 10.1. The topological polar surface area (TPSA) is 82.9 Å². The molecule has 0 amide bonds. The van der Waals surface area contributed by atoms with Crippen molar-refractivity contribution in [2.24, 2.45) is 0 Å². The molecule has 0 bridgehead atoms. The van der Waals surface area contributed by atoms with E-state index in [1.165, 1.54) is 24.5 Å². The van der Waals surface area contributed by atoms with Crippen LogP contribution in [-0.2, 0) is 12.7 Å². The van der Waals surface area contributed by atoms with Crippen LogP contribution in [0, 0.1) is 0 Å². The average Bonchev–Trinajstić information content (AvgIpc) is 3.21. The molecule has 11 heteroatoms. The molecule has 0 saturated carbocycles. The third-order valence-corrected chi connectivity index (χ3v) is 4.64. The smallest absolute Gasteiger partial charge is 0.337 e. The maximum Gasteiger partial charge on any atom is 0.416 e. The molecule has 0 fully saturated rings. The van der Waals surface area contributed by atoms with E-state index in [2.05, 4.69) is 10.1 Å². The Morgan fingerprint density at radius 3 is 2.45 bits per heavy atom. The van der Waals surface area contributed by atoms with Gasteiger partial charge in [0.1, 0.15) is 6.54 Å². The van der Waals surface area contributed by atoms with Gasteiger partial charge < -0.3 is 4.52 Å². The molecular formula is C20H12ClF3N4O3.